The fraction of sp³-hybridized carbons (Fsp3) is 0.474. The molecule has 0 aliphatic carbocycles. The zero-order chi connectivity index (χ0) is 20.6. The van der Waals surface area contributed by atoms with Gasteiger partial charge in [-0.05, 0) is 36.8 Å². The van der Waals surface area contributed by atoms with E-state index < -0.39 is 11.9 Å². The molecule has 1 fully saturated rings. The number of rotatable bonds is 4. The van der Waals surface area contributed by atoms with Gasteiger partial charge in [0, 0.05) is 35.5 Å². The Balaban J connectivity index is 1.45. The Morgan fingerprint density at radius 2 is 2.10 bits per heavy atom. The van der Waals surface area contributed by atoms with Crippen molar-refractivity contribution < 1.29 is 18.0 Å². The maximum Gasteiger partial charge on any atom is 0.433 e. The number of alkyl halides is 3. The number of likely N-dealkylation sites (tertiary alicyclic amines) is 1. The molecule has 1 aliphatic rings. The summed E-state index contributed by atoms with van der Waals surface area (Å²) in [7, 11) is 0. The topological polar surface area (TPSA) is 63.4 Å². The van der Waals surface area contributed by atoms with Crippen molar-refractivity contribution in [1.82, 2.24) is 24.5 Å². The molecule has 1 aliphatic heterocycles. The van der Waals surface area contributed by atoms with Crippen LogP contribution in [0.2, 0.25) is 0 Å². The molecule has 154 valence electrons. The smallest absolute Gasteiger partial charge is 0.342 e. The summed E-state index contributed by atoms with van der Waals surface area (Å²) in [5, 5.41) is 5.62. The van der Waals surface area contributed by atoms with Crippen LogP contribution in [0.5, 0.6) is 0 Å². The van der Waals surface area contributed by atoms with Gasteiger partial charge in [-0.25, -0.2) is 4.98 Å². The molecule has 29 heavy (non-hydrogen) atoms. The number of fused-ring (bicyclic) bond motifs is 1. The third kappa shape index (κ3) is 4.12. The summed E-state index contributed by atoms with van der Waals surface area (Å²) in [6.07, 6.45) is -1.62. The number of amides is 1. The van der Waals surface area contributed by atoms with E-state index in [-0.39, 0.29) is 23.5 Å². The molecule has 0 bridgehead atoms. The Kier molecular flexibility index (Phi) is 5.28. The van der Waals surface area contributed by atoms with E-state index in [1.54, 1.807) is 11.3 Å². The van der Waals surface area contributed by atoms with Crippen molar-refractivity contribution in [1.29, 1.82) is 0 Å². The van der Waals surface area contributed by atoms with E-state index in [2.05, 4.69) is 15.1 Å². The summed E-state index contributed by atoms with van der Waals surface area (Å²) in [5.74, 6) is -0.228. The zero-order valence-corrected chi connectivity index (χ0v) is 16.6. The Morgan fingerprint density at radius 3 is 2.76 bits per heavy atom. The van der Waals surface area contributed by atoms with Crippen LogP contribution in [0.15, 0.2) is 29.9 Å². The van der Waals surface area contributed by atoms with E-state index in [9.17, 15) is 18.0 Å². The third-order valence-electron chi connectivity index (χ3n) is 5.30. The fourth-order valence-electron chi connectivity index (χ4n) is 3.77. The van der Waals surface area contributed by atoms with Crippen LogP contribution in [0.4, 0.5) is 13.2 Å². The molecular weight excluding hydrogens is 403 g/mol. The second-order valence-electron chi connectivity index (χ2n) is 7.32. The molecule has 4 heterocycles. The van der Waals surface area contributed by atoms with Crippen LogP contribution in [-0.2, 0) is 17.4 Å². The lowest BCUT2D eigenvalue weighted by atomic mass is 9.92. The molecule has 0 radical (unpaired) electrons. The van der Waals surface area contributed by atoms with Gasteiger partial charge in [0.05, 0.1) is 0 Å². The first-order valence-corrected chi connectivity index (χ1v) is 10.3. The number of hydrogen-bond donors (Lipinski definition) is 0. The van der Waals surface area contributed by atoms with Crippen molar-refractivity contribution in [3.63, 3.8) is 0 Å². The molecule has 1 amide bonds. The Labute approximate surface area is 169 Å². The quantitative estimate of drug-likeness (QED) is 0.641. The Morgan fingerprint density at radius 1 is 1.34 bits per heavy atom. The predicted octanol–water partition coefficient (Wildman–Crippen LogP) is 3.79. The van der Waals surface area contributed by atoms with Gasteiger partial charge in [-0.15, -0.1) is 11.3 Å². The van der Waals surface area contributed by atoms with E-state index in [0.717, 1.165) is 12.4 Å². The highest BCUT2D eigenvalue weighted by atomic mass is 32.1. The standard InChI is InChI=1S/C19H20F3N5OS/c1-12(9-14-3-2-8-29-14)17(28)26-6-4-13(5-7-26)15-10-16(19(20,21)22)27-18(25-15)23-11-24-27/h2-3,8,10-13H,4-7,9H2,1H3. The first kappa shape index (κ1) is 19.8. The molecule has 0 aromatic carbocycles. The number of hydrogen-bond acceptors (Lipinski definition) is 5. The van der Waals surface area contributed by atoms with Crippen LogP contribution < -0.4 is 0 Å². The van der Waals surface area contributed by atoms with Gasteiger partial charge in [0.1, 0.15) is 6.33 Å². The summed E-state index contributed by atoms with van der Waals surface area (Å²) < 4.78 is 40.9. The summed E-state index contributed by atoms with van der Waals surface area (Å²) in [4.78, 5) is 23.8. The van der Waals surface area contributed by atoms with Gasteiger partial charge >= 0.3 is 6.18 Å². The molecule has 10 heteroatoms. The van der Waals surface area contributed by atoms with Crippen molar-refractivity contribution in [2.75, 3.05) is 13.1 Å². The van der Waals surface area contributed by atoms with E-state index in [0.29, 0.717) is 42.6 Å². The van der Waals surface area contributed by atoms with Crippen molar-refractivity contribution in [2.24, 2.45) is 5.92 Å². The van der Waals surface area contributed by atoms with E-state index in [4.69, 9.17) is 0 Å². The van der Waals surface area contributed by atoms with Crippen molar-refractivity contribution in [2.45, 2.75) is 38.3 Å². The lowest BCUT2D eigenvalue weighted by Gasteiger charge is -2.33. The summed E-state index contributed by atoms with van der Waals surface area (Å²) in [6.45, 7) is 2.95. The van der Waals surface area contributed by atoms with Crippen LogP contribution >= 0.6 is 11.3 Å². The molecule has 3 aromatic rings. The summed E-state index contributed by atoms with van der Waals surface area (Å²) in [6, 6.07) is 5.05. The molecule has 1 atom stereocenters. The molecule has 0 spiro atoms. The summed E-state index contributed by atoms with van der Waals surface area (Å²) >= 11 is 1.63. The Hall–Kier alpha value is -2.49. The number of nitrogens with zero attached hydrogens (tertiary/aromatic N) is 5. The number of carbonyl (C=O) groups is 1. The number of piperidine rings is 1. The van der Waals surface area contributed by atoms with Gasteiger partial charge in [-0.1, -0.05) is 13.0 Å². The van der Waals surface area contributed by atoms with Crippen LogP contribution in [0.25, 0.3) is 5.78 Å². The number of halogens is 3. The van der Waals surface area contributed by atoms with Gasteiger partial charge in [0.15, 0.2) is 5.69 Å². The molecule has 1 saturated heterocycles. The third-order valence-corrected chi connectivity index (χ3v) is 6.19. The van der Waals surface area contributed by atoms with Crippen LogP contribution in [0.3, 0.4) is 0 Å². The minimum absolute atomic E-state index is 0.0575. The van der Waals surface area contributed by atoms with E-state index in [1.807, 2.05) is 29.3 Å². The summed E-state index contributed by atoms with van der Waals surface area (Å²) in [5.41, 5.74) is -0.519. The minimum atomic E-state index is -4.54. The monoisotopic (exact) mass is 423 g/mol. The minimum Gasteiger partial charge on any atom is -0.342 e. The SMILES string of the molecule is CC(Cc1cccs1)C(=O)N1CCC(c2cc(C(F)(F)F)n3ncnc3n2)CC1. The van der Waals surface area contributed by atoms with Gasteiger partial charge in [0.2, 0.25) is 5.91 Å². The lowest BCUT2D eigenvalue weighted by Crippen LogP contribution is -2.41. The van der Waals surface area contributed by atoms with Gasteiger partial charge in [-0.3, -0.25) is 4.79 Å². The van der Waals surface area contributed by atoms with Crippen LogP contribution in [-0.4, -0.2) is 43.5 Å². The lowest BCUT2D eigenvalue weighted by molar-refractivity contribution is -0.142. The molecular formula is C19H20F3N5OS. The highest BCUT2D eigenvalue weighted by Gasteiger charge is 2.36. The average molecular weight is 423 g/mol. The molecule has 6 nitrogen and oxygen atoms in total. The largest absolute Gasteiger partial charge is 0.433 e. The first-order valence-electron chi connectivity index (χ1n) is 9.42. The van der Waals surface area contributed by atoms with Crippen LogP contribution in [0, 0.1) is 5.92 Å². The van der Waals surface area contributed by atoms with E-state index >= 15 is 0 Å². The number of thiophene rings is 1. The van der Waals surface area contributed by atoms with Gasteiger partial charge in [-0.2, -0.15) is 27.8 Å². The number of carbonyl (C=O) groups excluding carboxylic acids is 1. The van der Waals surface area contributed by atoms with Crippen LogP contribution in [0.1, 0.15) is 41.9 Å². The zero-order valence-electron chi connectivity index (χ0n) is 15.8. The van der Waals surface area contributed by atoms with Crippen molar-refractivity contribution in [3.05, 3.63) is 46.2 Å². The predicted molar refractivity (Wildman–Crippen MR) is 102 cm³/mol. The fourth-order valence-corrected chi connectivity index (χ4v) is 4.60. The first-order chi connectivity index (χ1) is 13.8. The molecule has 4 rings (SSSR count). The molecule has 3 aromatic heterocycles. The molecule has 0 saturated carbocycles. The molecule has 1 unspecified atom stereocenters. The second-order valence-corrected chi connectivity index (χ2v) is 8.35. The maximum atomic E-state index is 13.4. The van der Waals surface area contributed by atoms with Crippen molar-refractivity contribution >= 4 is 23.0 Å². The van der Waals surface area contributed by atoms with E-state index in [1.165, 1.54) is 4.88 Å². The highest BCUT2D eigenvalue weighted by molar-refractivity contribution is 7.09. The highest BCUT2D eigenvalue weighted by Crippen LogP contribution is 2.33. The normalized spacial score (nSPS) is 17.0. The van der Waals surface area contributed by atoms with Gasteiger partial charge < -0.3 is 4.90 Å². The van der Waals surface area contributed by atoms with Gasteiger partial charge in [0.25, 0.3) is 5.78 Å². The second kappa shape index (κ2) is 7.74. The Bertz CT molecular complexity index is 993. The average Bonchev–Trinajstić information content (AvgIpc) is 3.37. The van der Waals surface area contributed by atoms with Crippen molar-refractivity contribution in [3.8, 4) is 0 Å². The molecule has 0 N–H and O–H groups in total. The maximum absolute atomic E-state index is 13.4. The number of aromatic nitrogens is 4.